The molecule has 0 N–H and O–H groups in total. The minimum Gasteiger partial charge on any atom is -0.497 e. The van der Waals surface area contributed by atoms with E-state index in [4.69, 9.17) is 9.15 Å². The molecule has 0 radical (unpaired) electrons. The maximum atomic E-state index is 11.9. The minimum absolute atomic E-state index is 0.355. The van der Waals surface area contributed by atoms with Gasteiger partial charge < -0.3 is 9.15 Å². The van der Waals surface area contributed by atoms with Crippen molar-refractivity contribution < 1.29 is 9.15 Å². The molecule has 0 bridgehead atoms. The number of aromatic nitrogens is 1. The fourth-order valence-electron chi connectivity index (χ4n) is 2.08. The Morgan fingerprint density at radius 2 is 1.95 bits per heavy atom. The normalized spacial score (nSPS) is 10.8. The second kappa shape index (κ2) is 4.65. The average molecular weight is 255 g/mol. The van der Waals surface area contributed by atoms with Gasteiger partial charge in [-0.25, -0.2) is 4.79 Å². The standard InChI is InChI=1S/C15H13NO3/c1-18-12-7-8-14-13(9-12)16(15(17)19-14)10-11-5-3-2-4-6-11/h2-9H,10H2,1H3. The van der Waals surface area contributed by atoms with E-state index >= 15 is 0 Å². The first kappa shape index (κ1) is 11.6. The fourth-order valence-corrected chi connectivity index (χ4v) is 2.08. The number of methoxy groups -OCH3 is 1. The zero-order valence-corrected chi connectivity index (χ0v) is 10.5. The van der Waals surface area contributed by atoms with Crippen molar-refractivity contribution in [1.82, 2.24) is 4.57 Å². The minimum atomic E-state index is -0.355. The third kappa shape index (κ3) is 2.12. The lowest BCUT2D eigenvalue weighted by atomic mass is 10.2. The Morgan fingerprint density at radius 3 is 2.68 bits per heavy atom. The molecule has 1 heterocycles. The first-order valence-corrected chi connectivity index (χ1v) is 5.99. The Bertz CT molecular complexity index is 756. The topological polar surface area (TPSA) is 44.4 Å². The first-order chi connectivity index (χ1) is 9.28. The summed E-state index contributed by atoms with van der Waals surface area (Å²) in [6, 6.07) is 15.1. The van der Waals surface area contributed by atoms with Gasteiger partial charge in [0.1, 0.15) is 5.75 Å². The van der Waals surface area contributed by atoms with Crippen LogP contribution in [0.1, 0.15) is 5.56 Å². The Kier molecular flexibility index (Phi) is 2.83. The molecule has 4 nitrogen and oxygen atoms in total. The number of ether oxygens (including phenoxy) is 1. The number of hydrogen-bond donors (Lipinski definition) is 0. The molecule has 0 spiro atoms. The molecular weight excluding hydrogens is 242 g/mol. The van der Waals surface area contributed by atoms with Gasteiger partial charge in [-0.1, -0.05) is 30.3 Å². The van der Waals surface area contributed by atoms with Crippen LogP contribution in [0.2, 0.25) is 0 Å². The molecule has 2 aromatic carbocycles. The molecule has 0 amide bonds. The van der Waals surface area contributed by atoms with E-state index in [2.05, 4.69) is 0 Å². The van der Waals surface area contributed by atoms with E-state index in [0.29, 0.717) is 17.9 Å². The van der Waals surface area contributed by atoms with Crippen molar-refractivity contribution in [2.75, 3.05) is 7.11 Å². The second-order valence-corrected chi connectivity index (χ2v) is 4.27. The lowest BCUT2D eigenvalue weighted by molar-refractivity contribution is 0.415. The lowest BCUT2D eigenvalue weighted by Gasteiger charge is -2.03. The van der Waals surface area contributed by atoms with Crippen LogP contribution in [-0.4, -0.2) is 11.7 Å². The molecular formula is C15H13NO3. The van der Waals surface area contributed by atoms with Gasteiger partial charge in [-0.3, -0.25) is 4.57 Å². The zero-order chi connectivity index (χ0) is 13.2. The van der Waals surface area contributed by atoms with Crippen LogP contribution < -0.4 is 10.5 Å². The molecule has 3 rings (SSSR count). The van der Waals surface area contributed by atoms with Gasteiger partial charge in [0.05, 0.1) is 19.2 Å². The molecule has 0 atom stereocenters. The SMILES string of the molecule is COc1ccc2oc(=O)n(Cc3ccccc3)c2c1. The summed E-state index contributed by atoms with van der Waals surface area (Å²) in [5.41, 5.74) is 2.37. The van der Waals surface area contributed by atoms with Crippen molar-refractivity contribution in [3.8, 4) is 5.75 Å². The first-order valence-electron chi connectivity index (χ1n) is 5.99. The molecule has 0 saturated carbocycles. The van der Waals surface area contributed by atoms with Crippen molar-refractivity contribution in [1.29, 1.82) is 0 Å². The molecule has 0 aliphatic rings. The van der Waals surface area contributed by atoms with Crippen molar-refractivity contribution in [2.24, 2.45) is 0 Å². The third-order valence-electron chi connectivity index (χ3n) is 3.06. The van der Waals surface area contributed by atoms with Gasteiger partial charge in [0.25, 0.3) is 0 Å². The summed E-state index contributed by atoms with van der Waals surface area (Å²) in [7, 11) is 1.60. The van der Waals surface area contributed by atoms with E-state index in [1.165, 1.54) is 0 Å². The Balaban J connectivity index is 2.12. The molecule has 4 heteroatoms. The van der Waals surface area contributed by atoms with Gasteiger partial charge in [0.15, 0.2) is 5.58 Å². The quantitative estimate of drug-likeness (QED) is 0.722. The van der Waals surface area contributed by atoms with E-state index in [-0.39, 0.29) is 5.76 Å². The fraction of sp³-hybridized carbons (Fsp3) is 0.133. The second-order valence-electron chi connectivity index (χ2n) is 4.27. The maximum absolute atomic E-state index is 11.9. The number of oxazole rings is 1. The molecule has 0 aliphatic heterocycles. The van der Waals surface area contributed by atoms with Gasteiger partial charge in [-0.15, -0.1) is 0 Å². The predicted molar refractivity (Wildman–Crippen MR) is 72.6 cm³/mol. The Morgan fingerprint density at radius 1 is 1.16 bits per heavy atom. The van der Waals surface area contributed by atoms with E-state index in [1.54, 1.807) is 23.8 Å². The van der Waals surface area contributed by atoms with Gasteiger partial charge in [0, 0.05) is 6.07 Å². The maximum Gasteiger partial charge on any atom is 0.420 e. The van der Waals surface area contributed by atoms with Gasteiger partial charge >= 0.3 is 5.76 Å². The zero-order valence-electron chi connectivity index (χ0n) is 10.5. The van der Waals surface area contributed by atoms with Crippen LogP contribution in [0.25, 0.3) is 11.1 Å². The van der Waals surface area contributed by atoms with Crippen molar-refractivity contribution in [3.05, 3.63) is 64.6 Å². The van der Waals surface area contributed by atoms with Crippen LogP contribution in [-0.2, 0) is 6.54 Å². The smallest absolute Gasteiger partial charge is 0.420 e. The molecule has 0 saturated heterocycles. The van der Waals surface area contributed by atoms with Crippen LogP contribution >= 0.6 is 0 Å². The van der Waals surface area contributed by atoms with Gasteiger partial charge in [-0.2, -0.15) is 0 Å². The summed E-state index contributed by atoms with van der Waals surface area (Å²) in [5, 5.41) is 0. The monoisotopic (exact) mass is 255 g/mol. The molecule has 3 aromatic rings. The third-order valence-corrected chi connectivity index (χ3v) is 3.06. The highest BCUT2D eigenvalue weighted by molar-refractivity contribution is 5.74. The molecule has 0 unspecified atom stereocenters. The number of benzene rings is 2. The van der Waals surface area contributed by atoms with Crippen molar-refractivity contribution >= 4 is 11.1 Å². The predicted octanol–water partition coefficient (Wildman–Crippen LogP) is 2.65. The summed E-state index contributed by atoms with van der Waals surface area (Å²) < 4.78 is 12.0. The molecule has 1 aromatic heterocycles. The van der Waals surface area contributed by atoms with Crippen LogP contribution in [0, 0.1) is 0 Å². The molecule has 0 fully saturated rings. The van der Waals surface area contributed by atoms with E-state index in [9.17, 15) is 4.79 Å². The van der Waals surface area contributed by atoms with E-state index in [1.807, 2.05) is 36.4 Å². The highest BCUT2D eigenvalue weighted by Crippen LogP contribution is 2.20. The highest BCUT2D eigenvalue weighted by Gasteiger charge is 2.10. The van der Waals surface area contributed by atoms with Crippen LogP contribution in [0.4, 0.5) is 0 Å². The molecule has 0 aliphatic carbocycles. The van der Waals surface area contributed by atoms with Crippen LogP contribution in [0.15, 0.2) is 57.7 Å². The van der Waals surface area contributed by atoms with Gasteiger partial charge in [0.2, 0.25) is 0 Å². The number of rotatable bonds is 3. The van der Waals surface area contributed by atoms with Crippen LogP contribution in [0.5, 0.6) is 5.75 Å². The summed E-state index contributed by atoms with van der Waals surface area (Å²) in [4.78, 5) is 11.9. The summed E-state index contributed by atoms with van der Waals surface area (Å²) in [6.45, 7) is 0.486. The number of nitrogens with zero attached hydrogens (tertiary/aromatic N) is 1. The largest absolute Gasteiger partial charge is 0.497 e. The van der Waals surface area contributed by atoms with Crippen LogP contribution in [0.3, 0.4) is 0 Å². The average Bonchev–Trinajstić information content (AvgIpc) is 2.76. The summed E-state index contributed by atoms with van der Waals surface area (Å²) >= 11 is 0. The van der Waals surface area contributed by atoms with E-state index in [0.717, 1.165) is 11.1 Å². The van der Waals surface area contributed by atoms with Crippen molar-refractivity contribution in [2.45, 2.75) is 6.54 Å². The van der Waals surface area contributed by atoms with E-state index < -0.39 is 0 Å². The number of hydrogen-bond acceptors (Lipinski definition) is 3. The Labute approximate surface area is 109 Å². The Hall–Kier alpha value is -2.49. The van der Waals surface area contributed by atoms with Gasteiger partial charge in [-0.05, 0) is 17.7 Å². The summed E-state index contributed by atoms with van der Waals surface area (Å²) in [6.07, 6.45) is 0. The molecule has 96 valence electrons. The van der Waals surface area contributed by atoms with Crippen molar-refractivity contribution in [3.63, 3.8) is 0 Å². The molecule has 19 heavy (non-hydrogen) atoms. The highest BCUT2D eigenvalue weighted by atomic mass is 16.5. The summed E-state index contributed by atoms with van der Waals surface area (Å²) in [5.74, 6) is 0.349. The number of fused-ring (bicyclic) bond motifs is 1. The lowest BCUT2D eigenvalue weighted by Crippen LogP contribution is -2.14.